The molecule has 0 radical (unpaired) electrons. The van der Waals surface area contributed by atoms with Crippen LogP contribution in [0.25, 0.3) is 0 Å². The highest BCUT2D eigenvalue weighted by molar-refractivity contribution is 6.31. The van der Waals surface area contributed by atoms with Crippen LogP contribution in [0, 0.1) is 0 Å². The summed E-state index contributed by atoms with van der Waals surface area (Å²) in [5.41, 5.74) is 0.602. The van der Waals surface area contributed by atoms with Crippen LogP contribution in [0.3, 0.4) is 0 Å². The summed E-state index contributed by atoms with van der Waals surface area (Å²) in [4.78, 5) is 11.5. The van der Waals surface area contributed by atoms with Crippen LogP contribution >= 0.6 is 11.6 Å². The highest BCUT2D eigenvalue weighted by atomic mass is 35.5. The second-order valence-electron chi connectivity index (χ2n) is 3.20. The van der Waals surface area contributed by atoms with E-state index in [-0.39, 0.29) is 11.9 Å². The predicted molar refractivity (Wildman–Crippen MR) is 50.5 cm³/mol. The summed E-state index contributed by atoms with van der Waals surface area (Å²) < 4.78 is 5.48. The van der Waals surface area contributed by atoms with E-state index in [1.807, 2.05) is 6.92 Å². The molecule has 0 aliphatic carbocycles. The summed E-state index contributed by atoms with van der Waals surface area (Å²) in [7, 11) is 0. The first kappa shape index (κ1) is 8.57. The van der Waals surface area contributed by atoms with Gasteiger partial charge in [-0.1, -0.05) is 11.6 Å². The Morgan fingerprint density at radius 1 is 1.54 bits per heavy atom. The van der Waals surface area contributed by atoms with Gasteiger partial charge < -0.3 is 4.74 Å². The fourth-order valence-electron chi connectivity index (χ4n) is 1.45. The zero-order valence-corrected chi connectivity index (χ0v) is 7.97. The first-order chi connectivity index (χ1) is 6.16. The lowest BCUT2D eigenvalue weighted by Crippen LogP contribution is -2.23. The van der Waals surface area contributed by atoms with E-state index in [9.17, 15) is 4.79 Å². The molecule has 0 fully saturated rings. The molecule has 0 spiro atoms. The van der Waals surface area contributed by atoms with Crippen LogP contribution in [0.5, 0.6) is 5.75 Å². The van der Waals surface area contributed by atoms with Crippen molar-refractivity contribution in [2.75, 3.05) is 0 Å². The van der Waals surface area contributed by atoms with Crippen LogP contribution in [0.15, 0.2) is 18.2 Å². The summed E-state index contributed by atoms with van der Waals surface area (Å²) in [6.07, 6.45) is 0.411. The van der Waals surface area contributed by atoms with E-state index >= 15 is 0 Å². The third-order valence-electron chi connectivity index (χ3n) is 2.04. The lowest BCUT2D eigenvalue weighted by Gasteiger charge is -2.21. The van der Waals surface area contributed by atoms with Crippen LogP contribution in [-0.2, 0) is 0 Å². The number of rotatable bonds is 0. The first-order valence-electron chi connectivity index (χ1n) is 4.16. The molecule has 68 valence electrons. The maximum absolute atomic E-state index is 11.5. The molecule has 1 heterocycles. The van der Waals surface area contributed by atoms with Crippen LogP contribution in [-0.4, -0.2) is 11.9 Å². The van der Waals surface area contributed by atoms with E-state index in [1.165, 1.54) is 0 Å². The quantitative estimate of drug-likeness (QED) is 0.638. The molecule has 3 heteroatoms. The third-order valence-corrected chi connectivity index (χ3v) is 2.28. The minimum absolute atomic E-state index is 0.0267. The van der Waals surface area contributed by atoms with Gasteiger partial charge >= 0.3 is 0 Å². The Morgan fingerprint density at radius 2 is 2.31 bits per heavy atom. The van der Waals surface area contributed by atoms with Crippen molar-refractivity contribution < 1.29 is 9.53 Å². The molecule has 0 saturated carbocycles. The highest BCUT2D eigenvalue weighted by Gasteiger charge is 2.23. The molecular formula is C10H9ClO2. The maximum atomic E-state index is 11.5. The summed E-state index contributed by atoms with van der Waals surface area (Å²) in [6, 6.07) is 5.13. The van der Waals surface area contributed by atoms with Crippen molar-refractivity contribution in [2.24, 2.45) is 0 Å². The standard InChI is InChI=1S/C10H9ClO2/c1-6-4-9(12)8-5-7(11)2-3-10(8)13-6/h2-3,5-6H,4H2,1H3/t6-/m1/s1. The molecular weight excluding hydrogens is 188 g/mol. The number of halogens is 1. The van der Waals surface area contributed by atoms with E-state index in [0.29, 0.717) is 22.8 Å². The average Bonchev–Trinajstić information content (AvgIpc) is 2.06. The van der Waals surface area contributed by atoms with Crippen molar-refractivity contribution >= 4 is 17.4 Å². The Bertz CT molecular complexity index is 360. The molecule has 2 nitrogen and oxygen atoms in total. The van der Waals surface area contributed by atoms with Gasteiger partial charge in [-0.2, -0.15) is 0 Å². The van der Waals surface area contributed by atoms with E-state index in [1.54, 1.807) is 18.2 Å². The topological polar surface area (TPSA) is 26.3 Å². The molecule has 1 atom stereocenters. The largest absolute Gasteiger partial charge is 0.489 e. The molecule has 13 heavy (non-hydrogen) atoms. The molecule has 0 N–H and O–H groups in total. The number of carbonyl (C=O) groups excluding carboxylic acids is 1. The minimum atomic E-state index is -0.0267. The summed E-state index contributed by atoms with van der Waals surface area (Å²) in [5, 5.41) is 0.574. The summed E-state index contributed by atoms with van der Waals surface area (Å²) in [5.74, 6) is 0.754. The first-order valence-corrected chi connectivity index (χ1v) is 4.54. The molecule has 0 unspecified atom stereocenters. The van der Waals surface area contributed by atoms with Crippen LogP contribution in [0.1, 0.15) is 23.7 Å². The number of hydrogen-bond donors (Lipinski definition) is 0. The Labute approximate surface area is 81.5 Å². The van der Waals surface area contributed by atoms with Gasteiger partial charge in [0.15, 0.2) is 5.78 Å². The lowest BCUT2D eigenvalue weighted by molar-refractivity contribution is 0.0871. The maximum Gasteiger partial charge on any atom is 0.170 e. The van der Waals surface area contributed by atoms with Crippen molar-refractivity contribution in [3.05, 3.63) is 28.8 Å². The van der Waals surface area contributed by atoms with Crippen LogP contribution in [0.4, 0.5) is 0 Å². The van der Waals surface area contributed by atoms with Gasteiger partial charge in [-0.3, -0.25) is 4.79 Å². The van der Waals surface area contributed by atoms with E-state index in [4.69, 9.17) is 16.3 Å². The number of fused-ring (bicyclic) bond motifs is 1. The Hall–Kier alpha value is -1.02. The zero-order chi connectivity index (χ0) is 9.42. The van der Waals surface area contributed by atoms with Gasteiger partial charge in [0, 0.05) is 11.4 Å². The van der Waals surface area contributed by atoms with Gasteiger partial charge in [0.1, 0.15) is 11.9 Å². The Balaban J connectivity index is 2.49. The number of ether oxygens (including phenoxy) is 1. The summed E-state index contributed by atoms with van der Waals surface area (Å²) >= 11 is 5.77. The van der Waals surface area contributed by atoms with Gasteiger partial charge in [-0.25, -0.2) is 0 Å². The van der Waals surface area contributed by atoms with E-state index in [2.05, 4.69) is 0 Å². The third kappa shape index (κ3) is 1.54. The molecule has 0 aromatic heterocycles. The Morgan fingerprint density at radius 3 is 3.08 bits per heavy atom. The average molecular weight is 197 g/mol. The lowest BCUT2D eigenvalue weighted by atomic mass is 10.0. The number of ketones is 1. The van der Waals surface area contributed by atoms with E-state index in [0.717, 1.165) is 0 Å². The molecule has 0 saturated heterocycles. The monoisotopic (exact) mass is 196 g/mol. The van der Waals surface area contributed by atoms with Gasteiger partial charge in [0.25, 0.3) is 0 Å². The molecule has 1 aromatic rings. The molecule has 2 rings (SSSR count). The fourth-order valence-corrected chi connectivity index (χ4v) is 1.62. The molecule has 0 amide bonds. The van der Waals surface area contributed by atoms with Gasteiger partial charge in [-0.05, 0) is 25.1 Å². The van der Waals surface area contributed by atoms with Crippen molar-refractivity contribution in [1.29, 1.82) is 0 Å². The normalized spacial score (nSPS) is 20.8. The van der Waals surface area contributed by atoms with Gasteiger partial charge in [-0.15, -0.1) is 0 Å². The predicted octanol–water partition coefficient (Wildman–Crippen LogP) is 2.69. The highest BCUT2D eigenvalue weighted by Crippen LogP contribution is 2.29. The number of hydrogen-bond acceptors (Lipinski definition) is 2. The van der Waals surface area contributed by atoms with E-state index < -0.39 is 0 Å². The fraction of sp³-hybridized carbons (Fsp3) is 0.300. The zero-order valence-electron chi connectivity index (χ0n) is 7.21. The van der Waals surface area contributed by atoms with Crippen molar-refractivity contribution in [1.82, 2.24) is 0 Å². The SMILES string of the molecule is C[C@@H]1CC(=O)c2cc(Cl)ccc2O1. The van der Waals surface area contributed by atoms with Crippen LogP contribution < -0.4 is 4.74 Å². The van der Waals surface area contributed by atoms with Crippen molar-refractivity contribution in [3.63, 3.8) is 0 Å². The second kappa shape index (κ2) is 3.04. The molecule has 1 aromatic carbocycles. The van der Waals surface area contributed by atoms with Gasteiger partial charge in [0.2, 0.25) is 0 Å². The Kier molecular flexibility index (Phi) is 2.00. The molecule has 1 aliphatic rings. The number of Topliss-reactive ketones (excluding diaryl/α,β-unsaturated/α-hetero) is 1. The number of carbonyl (C=O) groups is 1. The van der Waals surface area contributed by atoms with Crippen molar-refractivity contribution in [3.8, 4) is 5.75 Å². The second-order valence-corrected chi connectivity index (χ2v) is 3.63. The van der Waals surface area contributed by atoms with Gasteiger partial charge in [0.05, 0.1) is 5.56 Å². The minimum Gasteiger partial charge on any atom is -0.489 e. The smallest absolute Gasteiger partial charge is 0.170 e. The molecule has 1 aliphatic heterocycles. The summed E-state index contributed by atoms with van der Waals surface area (Å²) in [6.45, 7) is 1.88. The number of benzene rings is 1. The molecule has 0 bridgehead atoms. The van der Waals surface area contributed by atoms with Crippen LogP contribution in [0.2, 0.25) is 5.02 Å². The van der Waals surface area contributed by atoms with Crippen molar-refractivity contribution in [2.45, 2.75) is 19.4 Å².